The average Bonchev–Trinajstić information content (AvgIpc) is 2.41. The van der Waals surface area contributed by atoms with Crippen molar-refractivity contribution in [2.24, 2.45) is 0 Å². The van der Waals surface area contributed by atoms with Crippen molar-refractivity contribution in [3.8, 4) is 0 Å². The molecular formula is C14H22N2O2. The van der Waals surface area contributed by atoms with Crippen LogP contribution >= 0.6 is 0 Å². The monoisotopic (exact) mass is 250 g/mol. The topological polar surface area (TPSA) is 40.6 Å². The molecular weight excluding hydrogens is 228 g/mol. The van der Waals surface area contributed by atoms with Gasteiger partial charge in [-0.05, 0) is 38.1 Å². The Balaban J connectivity index is 0.000000180. The quantitative estimate of drug-likeness (QED) is 0.754. The van der Waals surface area contributed by atoms with Gasteiger partial charge in [0.25, 0.3) is 0 Å². The van der Waals surface area contributed by atoms with Gasteiger partial charge in [0.1, 0.15) is 0 Å². The predicted molar refractivity (Wildman–Crippen MR) is 71.5 cm³/mol. The summed E-state index contributed by atoms with van der Waals surface area (Å²) in [5, 5.41) is 0. The van der Waals surface area contributed by atoms with E-state index in [0.29, 0.717) is 12.8 Å². The van der Waals surface area contributed by atoms with Gasteiger partial charge in [-0.1, -0.05) is 13.2 Å². The summed E-state index contributed by atoms with van der Waals surface area (Å²) in [6, 6.07) is 0. The molecule has 100 valence electrons. The lowest BCUT2D eigenvalue weighted by Crippen LogP contribution is -2.29. The van der Waals surface area contributed by atoms with Gasteiger partial charge in [-0.15, -0.1) is 0 Å². The molecule has 2 heterocycles. The average molecular weight is 250 g/mol. The summed E-state index contributed by atoms with van der Waals surface area (Å²) in [6.07, 6.45) is 8.96. The van der Waals surface area contributed by atoms with Gasteiger partial charge in [-0.25, -0.2) is 0 Å². The van der Waals surface area contributed by atoms with E-state index in [2.05, 4.69) is 13.2 Å². The number of hydrogen-bond donors (Lipinski definition) is 0. The van der Waals surface area contributed by atoms with Crippen molar-refractivity contribution >= 4 is 11.8 Å². The molecule has 0 unspecified atom stereocenters. The van der Waals surface area contributed by atoms with Gasteiger partial charge in [0.15, 0.2) is 0 Å². The summed E-state index contributed by atoms with van der Waals surface area (Å²) >= 11 is 0. The number of piperidine rings is 2. The Labute approximate surface area is 109 Å². The standard InChI is InChI=1S/2C7H11NO/c2*1-2-8-6-4-3-5-7(8)9/h2*2H,1,3-6H2. The highest BCUT2D eigenvalue weighted by Crippen LogP contribution is 2.10. The summed E-state index contributed by atoms with van der Waals surface area (Å²) in [6.45, 7) is 8.81. The zero-order valence-corrected chi connectivity index (χ0v) is 10.9. The van der Waals surface area contributed by atoms with Crippen molar-refractivity contribution in [2.45, 2.75) is 38.5 Å². The molecule has 0 radical (unpaired) electrons. The molecule has 0 bridgehead atoms. The highest BCUT2D eigenvalue weighted by molar-refractivity contribution is 5.78. The first-order chi connectivity index (χ1) is 8.69. The summed E-state index contributed by atoms with van der Waals surface area (Å²) in [4.78, 5) is 25.1. The lowest BCUT2D eigenvalue weighted by Gasteiger charge is -2.21. The lowest BCUT2D eigenvalue weighted by molar-refractivity contribution is -0.131. The second-order valence-electron chi connectivity index (χ2n) is 4.45. The van der Waals surface area contributed by atoms with Gasteiger partial charge < -0.3 is 9.80 Å². The van der Waals surface area contributed by atoms with Crippen molar-refractivity contribution in [1.29, 1.82) is 0 Å². The Bertz CT molecular complexity index is 294. The van der Waals surface area contributed by atoms with E-state index >= 15 is 0 Å². The molecule has 2 amide bonds. The van der Waals surface area contributed by atoms with Gasteiger partial charge in [-0.3, -0.25) is 9.59 Å². The highest BCUT2D eigenvalue weighted by Gasteiger charge is 2.14. The molecule has 0 N–H and O–H groups in total. The van der Waals surface area contributed by atoms with Crippen molar-refractivity contribution in [2.75, 3.05) is 13.1 Å². The summed E-state index contributed by atoms with van der Waals surface area (Å²) in [5.74, 6) is 0.438. The van der Waals surface area contributed by atoms with Crippen LogP contribution in [-0.2, 0) is 9.59 Å². The third-order valence-electron chi connectivity index (χ3n) is 3.16. The van der Waals surface area contributed by atoms with E-state index in [1.807, 2.05) is 0 Å². The van der Waals surface area contributed by atoms with Gasteiger partial charge in [0.2, 0.25) is 11.8 Å². The zero-order valence-electron chi connectivity index (χ0n) is 10.9. The third-order valence-corrected chi connectivity index (χ3v) is 3.16. The van der Waals surface area contributed by atoms with Crippen LogP contribution in [0.25, 0.3) is 0 Å². The van der Waals surface area contributed by atoms with Crippen molar-refractivity contribution in [3.05, 3.63) is 25.6 Å². The number of hydrogen-bond acceptors (Lipinski definition) is 2. The normalized spacial score (nSPS) is 20.0. The first-order valence-electron chi connectivity index (χ1n) is 6.53. The summed E-state index contributed by atoms with van der Waals surface area (Å²) in [5.41, 5.74) is 0. The molecule has 0 aromatic carbocycles. The van der Waals surface area contributed by atoms with Gasteiger partial charge >= 0.3 is 0 Å². The summed E-state index contributed by atoms with van der Waals surface area (Å²) in [7, 11) is 0. The van der Waals surface area contributed by atoms with Gasteiger partial charge in [0.05, 0.1) is 0 Å². The fourth-order valence-corrected chi connectivity index (χ4v) is 2.04. The van der Waals surface area contributed by atoms with Crippen LogP contribution < -0.4 is 0 Å². The number of likely N-dealkylation sites (tertiary alicyclic amines) is 2. The number of amides is 2. The second-order valence-corrected chi connectivity index (χ2v) is 4.45. The minimum atomic E-state index is 0.219. The Morgan fingerprint density at radius 1 is 0.778 bits per heavy atom. The molecule has 0 aliphatic carbocycles. The van der Waals surface area contributed by atoms with Gasteiger partial charge in [0, 0.05) is 25.9 Å². The molecule has 2 fully saturated rings. The third kappa shape index (κ3) is 4.35. The Morgan fingerprint density at radius 3 is 1.39 bits per heavy atom. The molecule has 2 aliphatic rings. The molecule has 0 spiro atoms. The van der Waals surface area contributed by atoms with E-state index in [9.17, 15) is 9.59 Å². The molecule has 0 aromatic heterocycles. The SMILES string of the molecule is C=CN1CCCCC1=O.C=CN1CCCCC1=O. The molecule has 0 saturated carbocycles. The molecule has 4 heteroatoms. The maximum absolute atomic E-state index is 10.9. The fraction of sp³-hybridized carbons (Fsp3) is 0.571. The molecule has 4 nitrogen and oxygen atoms in total. The molecule has 2 saturated heterocycles. The Morgan fingerprint density at radius 2 is 1.17 bits per heavy atom. The number of rotatable bonds is 2. The number of nitrogens with zero attached hydrogens (tertiary/aromatic N) is 2. The van der Waals surface area contributed by atoms with E-state index in [1.165, 1.54) is 0 Å². The Hall–Kier alpha value is -1.58. The number of carbonyl (C=O) groups is 2. The van der Waals surface area contributed by atoms with Crippen molar-refractivity contribution < 1.29 is 9.59 Å². The first kappa shape index (κ1) is 14.5. The van der Waals surface area contributed by atoms with E-state index in [1.54, 1.807) is 22.2 Å². The van der Waals surface area contributed by atoms with E-state index < -0.39 is 0 Å². The molecule has 0 aromatic rings. The smallest absolute Gasteiger partial charge is 0.226 e. The van der Waals surface area contributed by atoms with Crippen LogP contribution in [0.5, 0.6) is 0 Å². The lowest BCUT2D eigenvalue weighted by atomic mass is 10.1. The van der Waals surface area contributed by atoms with Crippen molar-refractivity contribution in [3.63, 3.8) is 0 Å². The first-order valence-corrected chi connectivity index (χ1v) is 6.53. The largest absolute Gasteiger partial charge is 0.320 e. The second kappa shape index (κ2) is 7.69. The van der Waals surface area contributed by atoms with Crippen LogP contribution in [0.4, 0.5) is 0 Å². The zero-order chi connectivity index (χ0) is 13.4. The maximum Gasteiger partial charge on any atom is 0.226 e. The highest BCUT2D eigenvalue weighted by atomic mass is 16.2. The molecule has 2 rings (SSSR count). The van der Waals surface area contributed by atoms with Crippen LogP contribution in [-0.4, -0.2) is 34.7 Å². The number of carbonyl (C=O) groups excluding carboxylic acids is 2. The molecule has 2 aliphatic heterocycles. The van der Waals surface area contributed by atoms with Crippen LogP contribution in [0.2, 0.25) is 0 Å². The molecule has 0 atom stereocenters. The van der Waals surface area contributed by atoms with Gasteiger partial charge in [-0.2, -0.15) is 0 Å². The van der Waals surface area contributed by atoms with Crippen LogP contribution in [0.1, 0.15) is 38.5 Å². The van der Waals surface area contributed by atoms with E-state index in [4.69, 9.17) is 0 Å². The van der Waals surface area contributed by atoms with E-state index in [-0.39, 0.29) is 11.8 Å². The fourth-order valence-electron chi connectivity index (χ4n) is 2.04. The Kier molecular flexibility index (Phi) is 6.19. The maximum atomic E-state index is 10.9. The minimum Gasteiger partial charge on any atom is -0.320 e. The van der Waals surface area contributed by atoms with E-state index in [0.717, 1.165) is 38.8 Å². The van der Waals surface area contributed by atoms with Crippen LogP contribution in [0.15, 0.2) is 25.6 Å². The minimum absolute atomic E-state index is 0.219. The van der Waals surface area contributed by atoms with Crippen LogP contribution in [0.3, 0.4) is 0 Å². The van der Waals surface area contributed by atoms with Crippen LogP contribution in [0, 0.1) is 0 Å². The van der Waals surface area contributed by atoms with Crippen molar-refractivity contribution in [1.82, 2.24) is 9.80 Å². The summed E-state index contributed by atoms with van der Waals surface area (Å²) < 4.78 is 0. The predicted octanol–water partition coefficient (Wildman–Crippen LogP) is 2.28. The molecule has 18 heavy (non-hydrogen) atoms.